The minimum Gasteiger partial charge on any atom is -0.497 e. The van der Waals surface area contributed by atoms with Gasteiger partial charge in [0.05, 0.1) is 36.5 Å². The zero-order chi connectivity index (χ0) is 36.2. The molecule has 0 N–H and O–H groups in total. The van der Waals surface area contributed by atoms with Gasteiger partial charge in [0.15, 0.2) is 12.1 Å². The van der Waals surface area contributed by atoms with E-state index in [0.717, 1.165) is 47.5 Å². The van der Waals surface area contributed by atoms with Crippen LogP contribution in [0, 0.1) is 0 Å². The van der Waals surface area contributed by atoms with Crippen molar-refractivity contribution in [3.63, 3.8) is 0 Å². The van der Waals surface area contributed by atoms with Crippen molar-refractivity contribution in [2.24, 2.45) is 0 Å². The van der Waals surface area contributed by atoms with Crippen molar-refractivity contribution >= 4 is 17.9 Å². The maximum atomic E-state index is 13.0. The van der Waals surface area contributed by atoms with E-state index in [1.807, 2.05) is 0 Å². The van der Waals surface area contributed by atoms with Gasteiger partial charge in [-0.1, -0.05) is 24.3 Å². The van der Waals surface area contributed by atoms with E-state index in [4.69, 9.17) is 18.9 Å². The van der Waals surface area contributed by atoms with Crippen LogP contribution >= 0.6 is 0 Å². The number of ketones is 2. The van der Waals surface area contributed by atoms with Gasteiger partial charge in [-0.2, -0.15) is 26.3 Å². The third-order valence-electron chi connectivity index (χ3n) is 6.88. The molecular formula is C36H32F6O7. The van der Waals surface area contributed by atoms with Gasteiger partial charge in [-0.25, -0.2) is 0 Å². The summed E-state index contributed by atoms with van der Waals surface area (Å²) in [7, 11) is 3.08. The van der Waals surface area contributed by atoms with E-state index in [1.54, 1.807) is 55.6 Å². The van der Waals surface area contributed by atoms with Gasteiger partial charge in [0.25, 0.3) is 0 Å². The summed E-state index contributed by atoms with van der Waals surface area (Å²) >= 11 is 0. The summed E-state index contributed by atoms with van der Waals surface area (Å²) in [5, 5.41) is 0. The Bertz CT molecular complexity index is 1710. The molecule has 0 spiro atoms. The highest BCUT2D eigenvalue weighted by Crippen LogP contribution is 2.34. The third kappa shape index (κ3) is 11.7. The van der Waals surface area contributed by atoms with Crippen LogP contribution in [-0.4, -0.2) is 32.1 Å². The lowest BCUT2D eigenvalue weighted by atomic mass is 10.0. The smallest absolute Gasteiger partial charge is 0.416 e. The molecule has 0 saturated heterocycles. The zero-order valence-electron chi connectivity index (χ0n) is 26.6. The number of carbonyl (C=O) groups excluding carboxylic acids is 3. The van der Waals surface area contributed by atoms with Crippen molar-refractivity contribution in [2.45, 2.75) is 45.3 Å². The summed E-state index contributed by atoms with van der Waals surface area (Å²) in [6.07, 6.45) is -8.93. The molecule has 49 heavy (non-hydrogen) atoms. The molecule has 7 nitrogen and oxygen atoms in total. The van der Waals surface area contributed by atoms with E-state index in [9.17, 15) is 40.7 Å². The second kappa shape index (κ2) is 17.2. The maximum Gasteiger partial charge on any atom is 0.416 e. The Labute approximate surface area is 278 Å². The van der Waals surface area contributed by atoms with Crippen LogP contribution in [0.5, 0.6) is 23.0 Å². The first-order valence-corrected chi connectivity index (χ1v) is 14.6. The molecule has 260 valence electrons. The van der Waals surface area contributed by atoms with E-state index in [2.05, 4.69) is 0 Å². The van der Waals surface area contributed by atoms with E-state index >= 15 is 0 Å². The van der Waals surface area contributed by atoms with Crippen molar-refractivity contribution in [3.05, 3.63) is 118 Å². The molecule has 0 aliphatic heterocycles. The van der Waals surface area contributed by atoms with E-state index in [0.29, 0.717) is 17.8 Å². The van der Waals surface area contributed by atoms with Crippen LogP contribution in [0.25, 0.3) is 0 Å². The van der Waals surface area contributed by atoms with Crippen LogP contribution in [0.2, 0.25) is 0 Å². The van der Waals surface area contributed by atoms with Gasteiger partial charge >= 0.3 is 12.4 Å². The number of hydrogen-bond donors (Lipinski definition) is 0. The number of alkyl halides is 6. The minimum absolute atomic E-state index is 0.0347. The number of rotatable bonds is 13. The number of hydrogen-bond acceptors (Lipinski definition) is 7. The molecule has 0 bridgehead atoms. The predicted molar refractivity (Wildman–Crippen MR) is 167 cm³/mol. The lowest BCUT2D eigenvalue weighted by Crippen LogP contribution is -2.10. The number of carbonyl (C=O) groups is 3. The average Bonchev–Trinajstić information content (AvgIpc) is 3.08. The molecule has 0 aliphatic rings. The van der Waals surface area contributed by atoms with Gasteiger partial charge in [0.2, 0.25) is 0 Å². The van der Waals surface area contributed by atoms with Crippen molar-refractivity contribution in [1.82, 2.24) is 0 Å². The molecule has 0 aromatic heterocycles. The molecule has 0 aliphatic carbocycles. The molecule has 13 heteroatoms. The van der Waals surface area contributed by atoms with Gasteiger partial charge in [-0.3, -0.25) is 9.59 Å². The first kappa shape index (κ1) is 38.1. The van der Waals surface area contributed by atoms with E-state index in [-0.39, 0.29) is 54.5 Å². The largest absolute Gasteiger partial charge is 0.497 e. The molecule has 0 fully saturated rings. The van der Waals surface area contributed by atoms with Crippen LogP contribution < -0.4 is 18.9 Å². The third-order valence-corrected chi connectivity index (χ3v) is 6.88. The predicted octanol–water partition coefficient (Wildman–Crippen LogP) is 8.95. The number of aldehydes is 1. The number of ether oxygens (including phenoxy) is 4. The number of halogens is 6. The Balaban J connectivity index is 0.000000271. The fourth-order valence-corrected chi connectivity index (χ4v) is 4.19. The molecule has 0 unspecified atom stereocenters. The summed E-state index contributed by atoms with van der Waals surface area (Å²) in [5.41, 5.74) is -0.574. The van der Waals surface area contributed by atoms with E-state index < -0.39 is 29.3 Å². The molecule has 4 rings (SSSR count). The Morgan fingerprint density at radius 2 is 1.08 bits per heavy atom. The highest BCUT2D eigenvalue weighted by Gasteiger charge is 2.32. The van der Waals surface area contributed by atoms with Gasteiger partial charge in [-0.15, -0.1) is 0 Å². The standard InChI is InChI=1S/C20H19F3O4.C16H13F3O3/c1-13(24)3-9-18(25)17-11-15(20(21,22)23)6-10-19(17)27-12-14-4-7-16(26-2)8-5-14;1-21-14-5-2-11(3-6-14)10-22-15-7-4-13(16(17,18)19)8-12(15)9-20/h4-8,10-11H,3,9,12H2,1-2H3;2-9H,10H2,1H3. The first-order valence-electron chi connectivity index (χ1n) is 14.6. The summed E-state index contributed by atoms with van der Waals surface area (Å²) in [5.74, 6) is 0.725. The second-order valence-corrected chi connectivity index (χ2v) is 10.5. The highest BCUT2D eigenvalue weighted by atomic mass is 19.4. The Morgan fingerprint density at radius 1 is 0.633 bits per heavy atom. The fraction of sp³-hybridized carbons (Fsp3) is 0.250. The van der Waals surface area contributed by atoms with Gasteiger partial charge in [0.1, 0.15) is 42.0 Å². The zero-order valence-corrected chi connectivity index (χ0v) is 26.6. The maximum absolute atomic E-state index is 13.0. The minimum atomic E-state index is -4.58. The molecule has 4 aromatic rings. The summed E-state index contributed by atoms with van der Waals surface area (Å²) < 4.78 is 97.8. The van der Waals surface area contributed by atoms with Crippen molar-refractivity contribution < 1.29 is 59.7 Å². The summed E-state index contributed by atoms with van der Waals surface area (Å²) in [6, 6.07) is 19.5. The topological polar surface area (TPSA) is 88.1 Å². The monoisotopic (exact) mass is 690 g/mol. The van der Waals surface area contributed by atoms with Crippen molar-refractivity contribution in [1.29, 1.82) is 0 Å². The van der Waals surface area contributed by atoms with Crippen molar-refractivity contribution in [2.75, 3.05) is 14.2 Å². The number of benzene rings is 4. The molecule has 4 aromatic carbocycles. The van der Waals surface area contributed by atoms with Gasteiger partial charge < -0.3 is 23.7 Å². The Kier molecular flexibility index (Phi) is 13.4. The van der Waals surface area contributed by atoms with Gasteiger partial charge in [-0.05, 0) is 78.7 Å². The lowest BCUT2D eigenvalue weighted by molar-refractivity contribution is -0.138. The van der Waals surface area contributed by atoms with Crippen LogP contribution in [0.4, 0.5) is 26.3 Å². The molecule has 0 atom stereocenters. The summed E-state index contributed by atoms with van der Waals surface area (Å²) in [6.45, 7) is 1.53. The quantitative estimate of drug-likeness (QED) is 0.0787. The first-order chi connectivity index (χ1) is 23.1. The normalized spacial score (nSPS) is 11.1. The molecule has 0 radical (unpaired) electrons. The Morgan fingerprint density at radius 3 is 1.51 bits per heavy atom. The molecule has 0 saturated carbocycles. The Hall–Kier alpha value is -5.33. The number of Topliss-reactive ketones (excluding diaryl/α,β-unsaturated/α-hetero) is 2. The number of methoxy groups -OCH3 is 2. The average molecular weight is 691 g/mol. The highest BCUT2D eigenvalue weighted by molar-refractivity contribution is 6.00. The molecule has 0 amide bonds. The summed E-state index contributed by atoms with van der Waals surface area (Å²) in [4.78, 5) is 34.3. The second-order valence-electron chi connectivity index (χ2n) is 10.5. The fourth-order valence-electron chi connectivity index (χ4n) is 4.19. The van der Waals surface area contributed by atoms with Crippen LogP contribution in [0.15, 0.2) is 84.9 Å². The SMILES string of the molecule is COc1ccc(COc2ccc(C(F)(F)F)cc2C(=O)CCC(C)=O)cc1.COc1ccc(COc2ccc(C(F)(F)F)cc2C=O)cc1. The van der Waals surface area contributed by atoms with Gasteiger partial charge in [0, 0.05) is 12.8 Å². The van der Waals surface area contributed by atoms with Crippen LogP contribution in [0.3, 0.4) is 0 Å². The van der Waals surface area contributed by atoms with Crippen LogP contribution in [0.1, 0.15) is 62.7 Å². The van der Waals surface area contributed by atoms with Crippen molar-refractivity contribution in [3.8, 4) is 23.0 Å². The molecular weight excluding hydrogens is 658 g/mol. The lowest BCUT2D eigenvalue weighted by Gasteiger charge is -2.14. The van der Waals surface area contributed by atoms with Crippen LogP contribution in [-0.2, 0) is 30.4 Å². The van der Waals surface area contributed by atoms with E-state index in [1.165, 1.54) is 14.0 Å². The molecule has 0 heterocycles.